The van der Waals surface area contributed by atoms with E-state index in [4.69, 9.17) is 23.2 Å². The molecule has 0 nitrogen and oxygen atoms in total. The van der Waals surface area contributed by atoms with E-state index in [2.05, 4.69) is 42.5 Å². The van der Waals surface area contributed by atoms with Crippen molar-refractivity contribution in [1.82, 2.24) is 0 Å². The average Bonchev–Trinajstić information content (AvgIpc) is 3.33. The van der Waals surface area contributed by atoms with Gasteiger partial charge in [-0.3, -0.25) is 0 Å². The Kier molecular flexibility index (Phi) is 10.7. The SMILES string of the molecule is CC(C)C(Cl)(Cl)C(C)C.[Ti+2].[c-]1cccc2c1Cc1ccccc1-2.c1cc[cH-]c1. The predicted molar refractivity (Wildman–Crippen MR) is 120 cm³/mol. The maximum absolute atomic E-state index is 5.97. The zero-order chi connectivity index (χ0) is 19.9. The zero-order valence-electron chi connectivity index (χ0n) is 17.0. The van der Waals surface area contributed by atoms with Gasteiger partial charge in [0.1, 0.15) is 4.33 Å². The van der Waals surface area contributed by atoms with E-state index in [0.29, 0.717) is 11.8 Å². The van der Waals surface area contributed by atoms with Gasteiger partial charge in [-0.25, -0.2) is 12.1 Å². The van der Waals surface area contributed by atoms with Gasteiger partial charge in [0.05, 0.1) is 0 Å². The van der Waals surface area contributed by atoms with Crippen molar-refractivity contribution in [3.8, 4) is 11.1 Å². The molecule has 0 heterocycles. The summed E-state index contributed by atoms with van der Waals surface area (Å²) in [6.07, 6.45) is 1.05. The van der Waals surface area contributed by atoms with Crippen LogP contribution in [0.1, 0.15) is 38.8 Å². The number of hydrogen-bond acceptors (Lipinski definition) is 0. The Morgan fingerprint density at radius 1 is 0.857 bits per heavy atom. The molecule has 28 heavy (non-hydrogen) atoms. The summed E-state index contributed by atoms with van der Waals surface area (Å²) in [5, 5.41) is 0. The first-order valence-electron chi connectivity index (χ1n) is 9.46. The van der Waals surface area contributed by atoms with Gasteiger partial charge in [-0.15, -0.1) is 28.8 Å². The summed E-state index contributed by atoms with van der Waals surface area (Å²) in [7, 11) is 0. The van der Waals surface area contributed by atoms with Crippen molar-refractivity contribution in [3.63, 3.8) is 0 Å². The van der Waals surface area contributed by atoms with Crippen molar-refractivity contribution in [2.24, 2.45) is 11.8 Å². The summed E-state index contributed by atoms with van der Waals surface area (Å²) in [5.41, 5.74) is 5.51. The topological polar surface area (TPSA) is 0 Å². The molecule has 146 valence electrons. The van der Waals surface area contributed by atoms with Crippen molar-refractivity contribution >= 4 is 23.2 Å². The molecule has 0 N–H and O–H groups in total. The third-order valence-corrected chi connectivity index (χ3v) is 6.46. The van der Waals surface area contributed by atoms with Gasteiger partial charge in [0.15, 0.2) is 0 Å². The molecule has 4 rings (SSSR count). The molecule has 0 saturated heterocycles. The fourth-order valence-electron chi connectivity index (χ4n) is 2.99. The molecule has 0 saturated carbocycles. The molecule has 0 atom stereocenters. The molecular weight excluding hydrogens is 419 g/mol. The molecule has 1 aliphatic rings. The minimum Gasteiger partial charge on any atom is -0.214 e. The average molecular weight is 447 g/mol. The summed E-state index contributed by atoms with van der Waals surface area (Å²) in [6.45, 7) is 8.11. The van der Waals surface area contributed by atoms with Crippen LogP contribution in [0.2, 0.25) is 0 Å². The maximum atomic E-state index is 5.97. The number of fused-ring (bicyclic) bond motifs is 3. The van der Waals surface area contributed by atoms with E-state index in [-0.39, 0.29) is 21.7 Å². The summed E-state index contributed by atoms with van der Waals surface area (Å²) in [6, 6.07) is 28.1. The molecule has 0 fully saturated rings. The van der Waals surface area contributed by atoms with Gasteiger partial charge >= 0.3 is 21.7 Å². The number of rotatable bonds is 2. The standard InChI is InChI=1S/C13H9.C7H14Cl2.C5H5.Ti/c1-3-7-12-10(5-1)9-11-6-2-4-8-13(11)12;1-5(2)7(8,9)6(3)4;1-2-4-5-3-1;/h1-5,7-8H,9H2;5-6H,1-4H3;1-5H;/q-1;;-1;+2. The van der Waals surface area contributed by atoms with Crippen LogP contribution < -0.4 is 0 Å². The van der Waals surface area contributed by atoms with E-state index in [9.17, 15) is 0 Å². The quantitative estimate of drug-likeness (QED) is 0.166. The van der Waals surface area contributed by atoms with Gasteiger partial charge in [-0.05, 0) is 18.3 Å². The molecule has 0 bridgehead atoms. The van der Waals surface area contributed by atoms with Gasteiger partial charge in [0.2, 0.25) is 0 Å². The van der Waals surface area contributed by atoms with Gasteiger partial charge in [0, 0.05) is 0 Å². The minimum atomic E-state index is -0.556. The van der Waals surface area contributed by atoms with Crippen molar-refractivity contribution in [3.05, 3.63) is 90.0 Å². The van der Waals surface area contributed by atoms with Crippen LogP contribution in [0.25, 0.3) is 11.1 Å². The third kappa shape index (κ3) is 6.85. The first-order valence-corrected chi connectivity index (χ1v) is 10.2. The molecule has 3 aromatic carbocycles. The van der Waals surface area contributed by atoms with Gasteiger partial charge in [-0.2, -0.15) is 48.0 Å². The Morgan fingerprint density at radius 3 is 1.93 bits per heavy atom. The van der Waals surface area contributed by atoms with E-state index in [1.165, 1.54) is 22.3 Å². The molecule has 3 heteroatoms. The number of hydrogen-bond donors (Lipinski definition) is 0. The maximum Gasteiger partial charge on any atom is 2.00 e. The monoisotopic (exact) mass is 446 g/mol. The minimum absolute atomic E-state index is 0. The van der Waals surface area contributed by atoms with Crippen molar-refractivity contribution in [1.29, 1.82) is 0 Å². The van der Waals surface area contributed by atoms with Crippen molar-refractivity contribution in [2.45, 2.75) is 38.4 Å². The number of halogens is 2. The Labute approximate surface area is 195 Å². The van der Waals surface area contributed by atoms with Gasteiger partial charge < -0.3 is 0 Å². The summed E-state index contributed by atoms with van der Waals surface area (Å²) >= 11 is 11.9. The molecular formula is C25H28Cl2Ti. The zero-order valence-corrected chi connectivity index (χ0v) is 20.1. The van der Waals surface area contributed by atoms with Crippen LogP contribution in [0.5, 0.6) is 0 Å². The Balaban J connectivity index is 0.000000229. The van der Waals surface area contributed by atoms with E-state index >= 15 is 0 Å². The molecule has 0 aliphatic heterocycles. The van der Waals surface area contributed by atoms with Crippen LogP contribution >= 0.6 is 23.2 Å². The molecule has 0 aromatic heterocycles. The van der Waals surface area contributed by atoms with Crippen LogP contribution in [-0.2, 0) is 28.1 Å². The number of alkyl halides is 2. The van der Waals surface area contributed by atoms with Gasteiger partial charge in [-0.1, -0.05) is 63.1 Å². The smallest absolute Gasteiger partial charge is 0.214 e. The van der Waals surface area contributed by atoms with E-state index in [1.54, 1.807) is 0 Å². The molecule has 3 aromatic rings. The molecule has 0 radical (unpaired) electrons. The second-order valence-corrected chi connectivity index (χ2v) is 8.79. The van der Waals surface area contributed by atoms with Crippen LogP contribution in [0.3, 0.4) is 0 Å². The Hall–Kier alpha value is -0.916. The Morgan fingerprint density at radius 2 is 1.43 bits per heavy atom. The molecule has 0 amide bonds. The van der Waals surface area contributed by atoms with Crippen LogP contribution in [0.4, 0.5) is 0 Å². The molecule has 0 spiro atoms. The fourth-order valence-corrected chi connectivity index (χ4v) is 2.99. The fraction of sp³-hybridized carbons (Fsp3) is 0.320. The predicted octanol–water partition coefficient (Wildman–Crippen LogP) is 7.93. The summed E-state index contributed by atoms with van der Waals surface area (Å²) < 4.78 is -0.556. The summed E-state index contributed by atoms with van der Waals surface area (Å²) in [5.74, 6) is 0.640. The largest absolute Gasteiger partial charge is 2.00 e. The third-order valence-electron chi connectivity index (χ3n) is 4.71. The second kappa shape index (κ2) is 11.9. The summed E-state index contributed by atoms with van der Waals surface area (Å²) in [4.78, 5) is 0. The van der Waals surface area contributed by atoms with E-state index in [0.717, 1.165) is 6.42 Å². The molecule has 0 unspecified atom stereocenters. The van der Waals surface area contributed by atoms with Crippen molar-refractivity contribution in [2.75, 3.05) is 0 Å². The first-order chi connectivity index (χ1) is 12.8. The first kappa shape index (κ1) is 25.1. The van der Waals surface area contributed by atoms with E-state index in [1.807, 2.05) is 64.1 Å². The van der Waals surface area contributed by atoms with Crippen LogP contribution in [-0.4, -0.2) is 4.33 Å². The van der Waals surface area contributed by atoms with Gasteiger partial charge in [0.25, 0.3) is 0 Å². The molecule has 1 aliphatic carbocycles. The number of benzene rings is 2. The van der Waals surface area contributed by atoms with Crippen LogP contribution in [0.15, 0.2) is 72.8 Å². The van der Waals surface area contributed by atoms with E-state index < -0.39 is 4.33 Å². The normalized spacial score (nSPS) is 11.4. The Bertz CT molecular complexity index is 734. The van der Waals surface area contributed by atoms with Crippen LogP contribution in [0, 0.1) is 17.9 Å². The van der Waals surface area contributed by atoms with Crippen molar-refractivity contribution < 1.29 is 21.7 Å². The second-order valence-electron chi connectivity index (χ2n) is 7.34.